The van der Waals surface area contributed by atoms with Gasteiger partial charge in [-0.3, -0.25) is 0 Å². The molecule has 1 aromatic rings. The normalized spacial score (nSPS) is 11.8. The Morgan fingerprint density at radius 1 is 1.06 bits per heavy atom. The highest BCUT2D eigenvalue weighted by atomic mass is 79.9. The average Bonchev–Trinajstić information content (AvgIpc) is 2.38. The maximum absolute atomic E-state index is 3.74. The number of benzene rings is 1. The predicted molar refractivity (Wildman–Crippen MR) is 90.9 cm³/mol. The molecule has 0 spiro atoms. The van der Waals surface area contributed by atoms with Crippen molar-refractivity contribution in [3.05, 3.63) is 28.7 Å². The number of hydrogen-bond acceptors (Lipinski definition) is 1. The summed E-state index contributed by atoms with van der Waals surface area (Å²) >= 11 is 9.21. The second kappa shape index (κ2) is 8.65. The van der Waals surface area contributed by atoms with Gasteiger partial charge in [0.05, 0.1) is 0 Å². The molecule has 0 amide bonds. The van der Waals surface area contributed by atoms with Crippen LogP contribution in [0, 0.1) is 5.41 Å². The van der Waals surface area contributed by atoms with Crippen LogP contribution in [0.3, 0.4) is 0 Å². The molecule has 0 fully saturated rings. The van der Waals surface area contributed by atoms with Crippen LogP contribution in [0.15, 0.2) is 33.6 Å². The number of rotatable bonds is 8. The van der Waals surface area contributed by atoms with Crippen molar-refractivity contribution in [2.75, 3.05) is 11.1 Å². The van der Waals surface area contributed by atoms with E-state index in [2.05, 4.69) is 70.0 Å². The standard InChI is InChI=1S/C15H22Br2S/c1-3-9-15(11-16,10-4-2)12-18-14-7-5-13(17)6-8-14/h5-8H,3-4,9-12H2,1-2H3. The molecule has 0 aromatic heterocycles. The van der Waals surface area contributed by atoms with Gasteiger partial charge in [-0.2, -0.15) is 0 Å². The highest BCUT2D eigenvalue weighted by Crippen LogP contribution is 2.38. The van der Waals surface area contributed by atoms with Crippen molar-refractivity contribution in [2.24, 2.45) is 5.41 Å². The largest absolute Gasteiger partial charge is 0.126 e. The summed E-state index contributed by atoms with van der Waals surface area (Å²) in [6, 6.07) is 8.65. The predicted octanol–water partition coefficient (Wildman–Crippen LogP) is 6.52. The van der Waals surface area contributed by atoms with Gasteiger partial charge in [-0.05, 0) is 42.5 Å². The van der Waals surface area contributed by atoms with Gasteiger partial charge in [0.15, 0.2) is 0 Å². The zero-order valence-electron chi connectivity index (χ0n) is 11.2. The van der Waals surface area contributed by atoms with Crippen molar-refractivity contribution >= 4 is 43.6 Å². The van der Waals surface area contributed by atoms with Crippen LogP contribution in [0.4, 0.5) is 0 Å². The molecule has 0 aliphatic heterocycles. The van der Waals surface area contributed by atoms with Crippen LogP contribution in [0.25, 0.3) is 0 Å². The second-order valence-electron chi connectivity index (χ2n) is 4.88. The highest BCUT2D eigenvalue weighted by Gasteiger charge is 2.27. The maximum atomic E-state index is 3.74. The Balaban J connectivity index is 2.63. The number of thioether (sulfide) groups is 1. The minimum absolute atomic E-state index is 0.460. The van der Waals surface area contributed by atoms with Crippen LogP contribution in [0.5, 0.6) is 0 Å². The lowest BCUT2D eigenvalue weighted by atomic mass is 9.83. The molecule has 102 valence electrons. The number of alkyl halides is 1. The van der Waals surface area contributed by atoms with Crippen molar-refractivity contribution in [2.45, 2.75) is 44.4 Å². The fourth-order valence-electron chi connectivity index (χ4n) is 2.27. The Hall–Kier alpha value is 0.530. The van der Waals surface area contributed by atoms with Gasteiger partial charge in [-0.15, -0.1) is 11.8 Å². The first-order chi connectivity index (χ1) is 8.65. The van der Waals surface area contributed by atoms with Crippen molar-refractivity contribution in [1.82, 2.24) is 0 Å². The van der Waals surface area contributed by atoms with E-state index in [4.69, 9.17) is 0 Å². The highest BCUT2D eigenvalue weighted by molar-refractivity contribution is 9.10. The summed E-state index contributed by atoms with van der Waals surface area (Å²) in [4.78, 5) is 1.37. The third kappa shape index (κ3) is 5.26. The van der Waals surface area contributed by atoms with E-state index in [1.165, 1.54) is 36.3 Å². The molecule has 0 bridgehead atoms. The summed E-state index contributed by atoms with van der Waals surface area (Å²) < 4.78 is 1.15. The van der Waals surface area contributed by atoms with Crippen LogP contribution in [0.1, 0.15) is 39.5 Å². The monoisotopic (exact) mass is 392 g/mol. The Labute approximate surface area is 133 Å². The van der Waals surface area contributed by atoms with E-state index in [1.807, 2.05) is 11.8 Å². The molecular formula is C15H22Br2S. The van der Waals surface area contributed by atoms with Crippen molar-refractivity contribution < 1.29 is 0 Å². The molecule has 0 radical (unpaired) electrons. The molecular weight excluding hydrogens is 372 g/mol. The SMILES string of the molecule is CCCC(CBr)(CCC)CSc1ccc(Br)cc1. The maximum Gasteiger partial charge on any atom is 0.0176 e. The lowest BCUT2D eigenvalue weighted by molar-refractivity contribution is 0.320. The van der Waals surface area contributed by atoms with Gasteiger partial charge in [0.2, 0.25) is 0 Å². The van der Waals surface area contributed by atoms with Crippen molar-refractivity contribution in [3.63, 3.8) is 0 Å². The molecule has 0 atom stereocenters. The van der Waals surface area contributed by atoms with Gasteiger partial charge in [-0.1, -0.05) is 58.5 Å². The van der Waals surface area contributed by atoms with Gasteiger partial charge in [-0.25, -0.2) is 0 Å². The third-order valence-electron chi connectivity index (χ3n) is 3.20. The molecule has 3 heteroatoms. The van der Waals surface area contributed by atoms with E-state index < -0.39 is 0 Å². The molecule has 0 saturated heterocycles. The van der Waals surface area contributed by atoms with E-state index in [0.717, 1.165) is 9.80 Å². The summed E-state index contributed by atoms with van der Waals surface area (Å²) in [5, 5.41) is 1.12. The Bertz CT molecular complexity index is 329. The van der Waals surface area contributed by atoms with Crippen LogP contribution < -0.4 is 0 Å². The summed E-state index contributed by atoms with van der Waals surface area (Å²) in [7, 11) is 0. The lowest BCUT2D eigenvalue weighted by Crippen LogP contribution is -2.25. The summed E-state index contributed by atoms with van der Waals surface area (Å²) in [6.07, 6.45) is 5.17. The first-order valence-electron chi connectivity index (χ1n) is 6.60. The average molecular weight is 394 g/mol. The van der Waals surface area contributed by atoms with Gasteiger partial charge in [0.25, 0.3) is 0 Å². The van der Waals surface area contributed by atoms with Crippen LogP contribution in [-0.2, 0) is 0 Å². The molecule has 0 aliphatic rings. The van der Waals surface area contributed by atoms with E-state index in [9.17, 15) is 0 Å². The summed E-state index contributed by atoms with van der Waals surface area (Å²) in [5.74, 6) is 1.21. The van der Waals surface area contributed by atoms with E-state index >= 15 is 0 Å². The Kier molecular flexibility index (Phi) is 7.97. The van der Waals surface area contributed by atoms with Gasteiger partial charge >= 0.3 is 0 Å². The zero-order chi connectivity index (χ0) is 13.4. The van der Waals surface area contributed by atoms with Crippen LogP contribution in [0.2, 0.25) is 0 Å². The molecule has 18 heavy (non-hydrogen) atoms. The molecule has 1 aromatic carbocycles. The first kappa shape index (κ1) is 16.6. The Morgan fingerprint density at radius 2 is 1.61 bits per heavy atom. The first-order valence-corrected chi connectivity index (χ1v) is 9.50. The minimum Gasteiger partial charge on any atom is -0.126 e. The van der Waals surface area contributed by atoms with E-state index in [0.29, 0.717) is 5.41 Å². The molecule has 0 saturated carbocycles. The van der Waals surface area contributed by atoms with Crippen LogP contribution >= 0.6 is 43.6 Å². The third-order valence-corrected chi connectivity index (χ3v) is 6.28. The topological polar surface area (TPSA) is 0 Å². The zero-order valence-corrected chi connectivity index (χ0v) is 15.2. The van der Waals surface area contributed by atoms with Gasteiger partial charge in [0.1, 0.15) is 0 Å². The fraction of sp³-hybridized carbons (Fsp3) is 0.600. The van der Waals surface area contributed by atoms with Crippen molar-refractivity contribution in [3.8, 4) is 0 Å². The van der Waals surface area contributed by atoms with Gasteiger partial charge < -0.3 is 0 Å². The molecule has 0 aliphatic carbocycles. The van der Waals surface area contributed by atoms with Crippen LogP contribution in [-0.4, -0.2) is 11.1 Å². The van der Waals surface area contributed by atoms with Crippen molar-refractivity contribution in [1.29, 1.82) is 0 Å². The molecule has 0 N–H and O–H groups in total. The smallest absolute Gasteiger partial charge is 0.0176 e. The summed E-state index contributed by atoms with van der Waals surface area (Å²) in [6.45, 7) is 4.58. The van der Waals surface area contributed by atoms with E-state index in [1.54, 1.807) is 0 Å². The number of halogens is 2. The lowest BCUT2D eigenvalue weighted by Gasteiger charge is -2.31. The quantitative estimate of drug-likeness (QED) is 0.357. The molecule has 0 nitrogen and oxygen atoms in total. The van der Waals surface area contributed by atoms with Gasteiger partial charge in [0, 0.05) is 20.5 Å². The fourth-order valence-corrected chi connectivity index (χ4v) is 4.75. The molecule has 0 heterocycles. The minimum atomic E-state index is 0.460. The van der Waals surface area contributed by atoms with E-state index in [-0.39, 0.29) is 0 Å². The molecule has 0 unspecified atom stereocenters. The Morgan fingerprint density at radius 3 is 2.06 bits per heavy atom. The summed E-state index contributed by atoms with van der Waals surface area (Å²) in [5.41, 5.74) is 0.460. The second-order valence-corrected chi connectivity index (χ2v) is 7.40. The number of hydrogen-bond donors (Lipinski definition) is 0. The molecule has 1 rings (SSSR count).